The molecule has 0 bridgehead atoms. The third-order valence-corrected chi connectivity index (χ3v) is 6.30. The summed E-state index contributed by atoms with van der Waals surface area (Å²) in [5.41, 5.74) is 11.0. The maximum Gasteiger partial charge on any atom is 0.251 e. The van der Waals surface area contributed by atoms with Crippen LogP contribution in [0.3, 0.4) is 0 Å². The number of aromatic nitrogens is 3. The number of nitrogen functional groups attached to an aromatic ring is 1. The molecule has 0 radical (unpaired) electrons. The zero-order chi connectivity index (χ0) is 26.5. The molecular formula is C30H24N6O2. The second kappa shape index (κ2) is 10.8. The molecule has 5 aromatic rings. The van der Waals surface area contributed by atoms with Crippen LogP contribution in [0.15, 0.2) is 90.1 Å². The van der Waals surface area contributed by atoms with Crippen molar-refractivity contribution < 1.29 is 4.79 Å². The minimum absolute atomic E-state index is 0.178. The molecule has 3 aromatic heterocycles. The topological polar surface area (TPSA) is 138 Å². The van der Waals surface area contributed by atoms with Crippen LogP contribution in [0.1, 0.15) is 43.9 Å². The SMILES string of the molecule is N#Cc1c[nH]c(=O)c(Cc2ccc(Cc3cc(C(=O)NCc4ccc5c(N)nccc5c4)ccn3)cc2)c1. The molecule has 0 unspecified atom stereocenters. The van der Waals surface area contributed by atoms with Crippen molar-refractivity contribution in [1.29, 1.82) is 5.26 Å². The third kappa shape index (κ3) is 5.58. The van der Waals surface area contributed by atoms with Crippen LogP contribution in [0.25, 0.3) is 10.8 Å². The highest BCUT2D eigenvalue weighted by Gasteiger charge is 2.09. The molecule has 0 atom stereocenters. The van der Waals surface area contributed by atoms with Gasteiger partial charge >= 0.3 is 0 Å². The Kier molecular flexibility index (Phi) is 6.91. The molecule has 8 heteroatoms. The van der Waals surface area contributed by atoms with Gasteiger partial charge in [-0.05, 0) is 52.4 Å². The number of benzene rings is 2. The predicted octanol–water partition coefficient (Wildman–Crippen LogP) is 3.88. The molecule has 0 aliphatic heterocycles. The molecule has 8 nitrogen and oxygen atoms in total. The number of nitrogens with one attached hydrogen (secondary N) is 2. The maximum atomic E-state index is 12.8. The van der Waals surface area contributed by atoms with Crippen molar-refractivity contribution in [3.8, 4) is 6.07 Å². The van der Waals surface area contributed by atoms with E-state index in [2.05, 4.69) is 20.3 Å². The fourth-order valence-electron chi connectivity index (χ4n) is 4.29. The number of H-pyrrole nitrogens is 1. The van der Waals surface area contributed by atoms with Crippen molar-refractivity contribution in [3.05, 3.63) is 135 Å². The summed E-state index contributed by atoms with van der Waals surface area (Å²) in [5, 5.41) is 13.9. The summed E-state index contributed by atoms with van der Waals surface area (Å²) in [6.07, 6.45) is 5.71. The van der Waals surface area contributed by atoms with Gasteiger partial charge in [-0.15, -0.1) is 0 Å². The van der Waals surface area contributed by atoms with Gasteiger partial charge in [-0.1, -0.05) is 36.4 Å². The van der Waals surface area contributed by atoms with Crippen LogP contribution in [-0.2, 0) is 19.4 Å². The van der Waals surface area contributed by atoms with E-state index in [9.17, 15) is 9.59 Å². The van der Waals surface area contributed by atoms with E-state index in [-0.39, 0.29) is 11.5 Å². The quantitative estimate of drug-likeness (QED) is 0.310. The van der Waals surface area contributed by atoms with Crippen LogP contribution >= 0.6 is 0 Å². The molecule has 0 saturated heterocycles. The smallest absolute Gasteiger partial charge is 0.251 e. The molecule has 0 spiro atoms. The number of nitrogens with zero attached hydrogens (tertiary/aromatic N) is 3. The zero-order valence-corrected chi connectivity index (χ0v) is 20.4. The van der Waals surface area contributed by atoms with Crippen LogP contribution < -0.4 is 16.6 Å². The summed E-state index contributed by atoms with van der Waals surface area (Å²) >= 11 is 0. The number of fused-ring (bicyclic) bond motifs is 1. The number of carbonyl (C=O) groups is 1. The van der Waals surface area contributed by atoms with Crippen molar-refractivity contribution in [2.45, 2.75) is 19.4 Å². The monoisotopic (exact) mass is 500 g/mol. The van der Waals surface area contributed by atoms with Gasteiger partial charge < -0.3 is 16.0 Å². The summed E-state index contributed by atoms with van der Waals surface area (Å²) in [5.74, 6) is 0.306. The van der Waals surface area contributed by atoms with E-state index < -0.39 is 0 Å². The highest BCUT2D eigenvalue weighted by Crippen LogP contribution is 2.20. The summed E-state index contributed by atoms with van der Waals surface area (Å²) in [4.78, 5) is 36.0. The fraction of sp³-hybridized carbons (Fsp3) is 0.100. The van der Waals surface area contributed by atoms with Gasteiger partial charge in [0.1, 0.15) is 11.9 Å². The Labute approximate surface area is 218 Å². The third-order valence-electron chi connectivity index (χ3n) is 6.30. The second-order valence-electron chi connectivity index (χ2n) is 8.99. The van der Waals surface area contributed by atoms with Gasteiger partial charge in [0.25, 0.3) is 11.5 Å². The first-order valence-corrected chi connectivity index (χ1v) is 12.0. The molecule has 0 saturated carbocycles. The summed E-state index contributed by atoms with van der Waals surface area (Å²) < 4.78 is 0. The van der Waals surface area contributed by atoms with Gasteiger partial charge in [0.05, 0.1) is 5.56 Å². The number of nitriles is 1. The van der Waals surface area contributed by atoms with Gasteiger partial charge in [0, 0.05) is 60.2 Å². The van der Waals surface area contributed by atoms with Crippen LogP contribution in [0.4, 0.5) is 5.82 Å². The molecular weight excluding hydrogens is 476 g/mol. The van der Waals surface area contributed by atoms with E-state index in [1.807, 2.05) is 54.6 Å². The van der Waals surface area contributed by atoms with E-state index in [0.29, 0.717) is 41.9 Å². The molecule has 0 aliphatic rings. The molecule has 1 amide bonds. The Morgan fingerprint density at radius 3 is 2.45 bits per heavy atom. The fourth-order valence-corrected chi connectivity index (χ4v) is 4.29. The zero-order valence-electron chi connectivity index (χ0n) is 20.4. The molecule has 0 aliphatic carbocycles. The number of nitrogens with two attached hydrogens (primary N) is 1. The average Bonchev–Trinajstić information content (AvgIpc) is 2.94. The molecule has 4 N–H and O–H groups in total. The number of rotatable bonds is 7. The van der Waals surface area contributed by atoms with Gasteiger partial charge in [0.2, 0.25) is 0 Å². The Balaban J connectivity index is 1.22. The minimum Gasteiger partial charge on any atom is -0.383 e. The number of aromatic amines is 1. The lowest BCUT2D eigenvalue weighted by Crippen LogP contribution is -2.23. The lowest BCUT2D eigenvalue weighted by molar-refractivity contribution is 0.0950. The first-order chi connectivity index (χ1) is 18.5. The Bertz CT molecular complexity index is 1740. The predicted molar refractivity (Wildman–Crippen MR) is 145 cm³/mol. The van der Waals surface area contributed by atoms with Gasteiger partial charge in [0.15, 0.2) is 0 Å². The van der Waals surface area contributed by atoms with Gasteiger partial charge in [-0.25, -0.2) is 4.98 Å². The van der Waals surface area contributed by atoms with Crippen molar-refractivity contribution in [2.24, 2.45) is 0 Å². The highest BCUT2D eigenvalue weighted by atomic mass is 16.1. The Morgan fingerprint density at radius 1 is 0.921 bits per heavy atom. The minimum atomic E-state index is -0.199. The average molecular weight is 501 g/mol. The number of hydrogen-bond acceptors (Lipinski definition) is 6. The Hall–Kier alpha value is -5.29. The van der Waals surface area contributed by atoms with Crippen molar-refractivity contribution >= 4 is 22.5 Å². The van der Waals surface area contributed by atoms with E-state index in [4.69, 9.17) is 11.0 Å². The van der Waals surface area contributed by atoms with Crippen LogP contribution in [0.5, 0.6) is 0 Å². The molecule has 3 heterocycles. The molecule has 38 heavy (non-hydrogen) atoms. The largest absolute Gasteiger partial charge is 0.383 e. The summed E-state index contributed by atoms with van der Waals surface area (Å²) in [7, 11) is 0. The second-order valence-corrected chi connectivity index (χ2v) is 8.99. The molecule has 2 aromatic carbocycles. The molecule has 186 valence electrons. The van der Waals surface area contributed by atoms with Crippen LogP contribution in [0, 0.1) is 11.3 Å². The highest BCUT2D eigenvalue weighted by molar-refractivity contribution is 5.94. The lowest BCUT2D eigenvalue weighted by Gasteiger charge is -2.09. The number of pyridine rings is 3. The number of carbonyl (C=O) groups excluding carboxylic acids is 1. The van der Waals surface area contributed by atoms with Crippen molar-refractivity contribution in [3.63, 3.8) is 0 Å². The van der Waals surface area contributed by atoms with E-state index in [0.717, 1.165) is 33.2 Å². The molecule has 5 rings (SSSR count). The van der Waals surface area contributed by atoms with Gasteiger partial charge in [-0.2, -0.15) is 5.26 Å². The number of amides is 1. The first-order valence-electron chi connectivity index (χ1n) is 12.0. The van der Waals surface area contributed by atoms with Gasteiger partial charge in [-0.3, -0.25) is 14.6 Å². The first kappa shape index (κ1) is 24.4. The standard InChI is InChI=1S/C30H24N6O2/c31-16-22-13-25(30(38)36-18-22)11-19-1-3-20(4-2-19)14-26-15-24(8-9-33-26)29(37)35-17-21-5-6-27-23(12-21)7-10-34-28(27)32/h1-10,12-13,15,18H,11,14,17H2,(H2,32,34)(H,35,37)(H,36,38). The van der Waals surface area contributed by atoms with E-state index >= 15 is 0 Å². The van der Waals surface area contributed by atoms with Crippen LogP contribution in [0.2, 0.25) is 0 Å². The van der Waals surface area contributed by atoms with E-state index in [1.165, 1.54) is 6.20 Å². The molecule has 0 fully saturated rings. The van der Waals surface area contributed by atoms with Crippen molar-refractivity contribution in [2.75, 3.05) is 5.73 Å². The Morgan fingerprint density at radius 2 is 1.66 bits per heavy atom. The number of hydrogen-bond donors (Lipinski definition) is 3. The maximum absolute atomic E-state index is 12.8. The van der Waals surface area contributed by atoms with E-state index in [1.54, 1.807) is 30.6 Å². The normalized spacial score (nSPS) is 10.7. The van der Waals surface area contributed by atoms with Crippen molar-refractivity contribution in [1.82, 2.24) is 20.3 Å². The number of anilines is 1. The summed E-state index contributed by atoms with van der Waals surface area (Å²) in [6.45, 7) is 0.385. The summed E-state index contributed by atoms with van der Waals surface area (Å²) in [6, 6.07) is 22.7. The van der Waals surface area contributed by atoms with Crippen LogP contribution in [-0.4, -0.2) is 20.9 Å². The lowest BCUT2D eigenvalue weighted by atomic mass is 10.0.